The summed E-state index contributed by atoms with van der Waals surface area (Å²) in [6, 6.07) is 6.66. The molecule has 0 aromatic carbocycles. The van der Waals surface area contributed by atoms with Gasteiger partial charge in [-0.2, -0.15) is 0 Å². The Morgan fingerprint density at radius 1 is 1.14 bits per heavy atom. The van der Waals surface area contributed by atoms with E-state index in [1.54, 1.807) is 0 Å². The van der Waals surface area contributed by atoms with E-state index in [1.807, 2.05) is 25.3 Å². The largest absolute Gasteiger partial charge is 0.424 e. The van der Waals surface area contributed by atoms with Crippen molar-refractivity contribution >= 4 is 0 Å². The second kappa shape index (κ2) is 6.80. The fourth-order valence-corrected chi connectivity index (χ4v) is 3.04. The van der Waals surface area contributed by atoms with Crippen LogP contribution in [0.2, 0.25) is 0 Å². The van der Waals surface area contributed by atoms with E-state index >= 15 is 0 Å². The third-order valence-electron chi connectivity index (χ3n) is 4.09. The first-order valence-electron chi connectivity index (χ1n) is 7.74. The number of aryl methyl sites for hydroxylation is 1. The summed E-state index contributed by atoms with van der Waals surface area (Å²) in [6.45, 7) is 3.38. The van der Waals surface area contributed by atoms with Crippen molar-refractivity contribution in [2.75, 3.05) is 0 Å². The van der Waals surface area contributed by atoms with Gasteiger partial charge in [0.15, 0.2) is 0 Å². The molecule has 0 unspecified atom stereocenters. The molecular formula is C16H22N4O. The van der Waals surface area contributed by atoms with Crippen molar-refractivity contribution in [3.8, 4) is 0 Å². The Bertz CT molecular complexity index is 548. The molecule has 1 saturated carbocycles. The molecule has 0 radical (unpaired) electrons. The molecule has 2 aromatic heterocycles. The van der Waals surface area contributed by atoms with Gasteiger partial charge in [0, 0.05) is 25.7 Å². The van der Waals surface area contributed by atoms with Crippen molar-refractivity contribution < 1.29 is 4.42 Å². The summed E-state index contributed by atoms with van der Waals surface area (Å²) in [6.07, 6.45) is 8.33. The maximum Gasteiger partial charge on any atom is 0.230 e. The number of aromatic nitrogens is 3. The highest BCUT2D eigenvalue weighted by Crippen LogP contribution is 2.25. The van der Waals surface area contributed by atoms with Crippen LogP contribution in [0.1, 0.15) is 49.6 Å². The topological polar surface area (TPSA) is 55.1 Å². The maximum absolute atomic E-state index is 5.56. The molecule has 0 N–H and O–H groups in total. The van der Waals surface area contributed by atoms with E-state index in [0.29, 0.717) is 24.4 Å². The van der Waals surface area contributed by atoms with Crippen LogP contribution in [0.3, 0.4) is 0 Å². The molecule has 1 aliphatic rings. The van der Waals surface area contributed by atoms with Gasteiger partial charge >= 0.3 is 0 Å². The molecule has 0 aliphatic heterocycles. The molecule has 2 aromatic rings. The molecule has 5 heteroatoms. The van der Waals surface area contributed by atoms with Gasteiger partial charge in [-0.25, -0.2) is 0 Å². The first kappa shape index (κ1) is 14.2. The predicted octanol–water partition coefficient (Wildman–Crippen LogP) is 3.11. The zero-order chi connectivity index (χ0) is 14.5. The van der Waals surface area contributed by atoms with Crippen molar-refractivity contribution in [1.82, 2.24) is 20.1 Å². The summed E-state index contributed by atoms with van der Waals surface area (Å²) in [5.74, 6) is 1.33. The van der Waals surface area contributed by atoms with Crippen LogP contribution in [-0.4, -0.2) is 26.1 Å². The third-order valence-corrected chi connectivity index (χ3v) is 4.09. The SMILES string of the molecule is Cc1nnc(CN(Cc2ccccn2)C2CCCCC2)o1. The average molecular weight is 286 g/mol. The second-order valence-corrected chi connectivity index (χ2v) is 5.73. The van der Waals surface area contributed by atoms with Gasteiger partial charge < -0.3 is 4.42 Å². The van der Waals surface area contributed by atoms with Gasteiger partial charge in [0.25, 0.3) is 0 Å². The number of nitrogens with zero attached hydrogens (tertiary/aromatic N) is 4. The molecule has 5 nitrogen and oxygen atoms in total. The quantitative estimate of drug-likeness (QED) is 0.845. The second-order valence-electron chi connectivity index (χ2n) is 5.73. The highest BCUT2D eigenvalue weighted by Gasteiger charge is 2.23. The fraction of sp³-hybridized carbons (Fsp3) is 0.562. The minimum Gasteiger partial charge on any atom is -0.424 e. The van der Waals surface area contributed by atoms with E-state index in [4.69, 9.17) is 4.42 Å². The number of hydrogen-bond acceptors (Lipinski definition) is 5. The van der Waals surface area contributed by atoms with Crippen molar-refractivity contribution in [2.24, 2.45) is 0 Å². The van der Waals surface area contributed by atoms with Crippen LogP contribution >= 0.6 is 0 Å². The lowest BCUT2D eigenvalue weighted by atomic mass is 9.94. The molecule has 21 heavy (non-hydrogen) atoms. The van der Waals surface area contributed by atoms with Crippen LogP contribution in [0, 0.1) is 6.92 Å². The molecule has 112 valence electrons. The summed E-state index contributed by atoms with van der Waals surface area (Å²) in [5, 5.41) is 8.08. The molecule has 0 saturated heterocycles. The molecule has 2 heterocycles. The van der Waals surface area contributed by atoms with Crippen molar-refractivity contribution in [1.29, 1.82) is 0 Å². The first-order valence-corrected chi connectivity index (χ1v) is 7.74. The van der Waals surface area contributed by atoms with Crippen molar-refractivity contribution in [3.63, 3.8) is 0 Å². The van der Waals surface area contributed by atoms with E-state index in [9.17, 15) is 0 Å². The average Bonchev–Trinajstić information content (AvgIpc) is 2.94. The van der Waals surface area contributed by atoms with Crippen LogP contribution in [0.25, 0.3) is 0 Å². The Morgan fingerprint density at radius 3 is 2.67 bits per heavy atom. The highest BCUT2D eigenvalue weighted by atomic mass is 16.4. The fourth-order valence-electron chi connectivity index (χ4n) is 3.04. The van der Waals surface area contributed by atoms with Gasteiger partial charge in [0.2, 0.25) is 11.8 Å². The molecule has 1 aliphatic carbocycles. The normalized spacial score (nSPS) is 16.5. The highest BCUT2D eigenvalue weighted by molar-refractivity contribution is 5.04. The Labute approximate surface area is 125 Å². The smallest absolute Gasteiger partial charge is 0.230 e. The molecule has 3 rings (SSSR count). The maximum atomic E-state index is 5.56. The van der Waals surface area contributed by atoms with E-state index in [2.05, 4.69) is 26.1 Å². The van der Waals surface area contributed by atoms with Crippen LogP contribution in [0.4, 0.5) is 0 Å². The Kier molecular flexibility index (Phi) is 4.60. The van der Waals surface area contributed by atoms with Crippen LogP contribution in [0.15, 0.2) is 28.8 Å². The van der Waals surface area contributed by atoms with Crippen LogP contribution < -0.4 is 0 Å². The minimum absolute atomic E-state index is 0.591. The zero-order valence-corrected chi connectivity index (χ0v) is 12.5. The molecular weight excluding hydrogens is 264 g/mol. The zero-order valence-electron chi connectivity index (χ0n) is 12.5. The van der Waals surface area contributed by atoms with Crippen LogP contribution in [-0.2, 0) is 13.1 Å². The van der Waals surface area contributed by atoms with Gasteiger partial charge in [-0.05, 0) is 25.0 Å². The molecule has 0 spiro atoms. The Morgan fingerprint density at radius 2 is 2.00 bits per heavy atom. The summed E-state index contributed by atoms with van der Waals surface area (Å²) < 4.78 is 5.56. The summed E-state index contributed by atoms with van der Waals surface area (Å²) in [4.78, 5) is 6.89. The van der Waals surface area contributed by atoms with Crippen molar-refractivity contribution in [2.45, 2.75) is 58.2 Å². The Hall–Kier alpha value is -1.75. The van der Waals surface area contributed by atoms with Gasteiger partial charge in [-0.3, -0.25) is 9.88 Å². The monoisotopic (exact) mass is 286 g/mol. The third kappa shape index (κ3) is 3.88. The molecule has 0 atom stereocenters. The molecule has 0 amide bonds. The summed E-state index contributed by atoms with van der Waals surface area (Å²) in [5.41, 5.74) is 1.10. The van der Waals surface area contributed by atoms with E-state index in [-0.39, 0.29) is 0 Å². The van der Waals surface area contributed by atoms with Gasteiger partial charge in [0.05, 0.1) is 12.2 Å². The summed E-state index contributed by atoms with van der Waals surface area (Å²) >= 11 is 0. The van der Waals surface area contributed by atoms with Crippen LogP contribution in [0.5, 0.6) is 0 Å². The van der Waals surface area contributed by atoms with E-state index in [0.717, 1.165) is 12.2 Å². The number of pyridine rings is 1. The van der Waals surface area contributed by atoms with E-state index in [1.165, 1.54) is 32.1 Å². The molecule has 1 fully saturated rings. The first-order chi connectivity index (χ1) is 10.3. The Balaban J connectivity index is 1.73. The number of hydrogen-bond donors (Lipinski definition) is 0. The lowest BCUT2D eigenvalue weighted by Crippen LogP contribution is -2.36. The van der Waals surface area contributed by atoms with Gasteiger partial charge in [-0.1, -0.05) is 25.3 Å². The lowest BCUT2D eigenvalue weighted by molar-refractivity contribution is 0.125. The van der Waals surface area contributed by atoms with Gasteiger partial charge in [-0.15, -0.1) is 10.2 Å². The van der Waals surface area contributed by atoms with Crippen molar-refractivity contribution in [3.05, 3.63) is 41.9 Å². The standard InChI is InChI=1S/C16H22N4O/c1-13-18-19-16(21-13)12-20(15-8-3-2-4-9-15)11-14-7-5-6-10-17-14/h5-7,10,15H,2-4,8-9,11-12H2,1H3. The summed E-state index contributed by atoms with van der Waals surface area (Å²) in [7, 11) is 0. The molecule has 0 bridgehead atoms. The number of rotatable bonds is 5. The predicted molar refractivity (Wildman–Crippen MR) is 79.4 cm³/mol. The lowest BCUT2D eigenvalue weighted by Gasteiger charge is -2.33. The minimum atomic E-state index is 0.591. The van der Waals surface area contributed by atoms with Gasteiger partial charge in [0.1, 0.15) is 0 Å². The van der Waals surface area contributed by atoms with E-state index < -0.39 is 0 Å².